The minimum atomic E-state index is -0.184. The Bertz CT molecular complexity index is 514. The van der Waals surface area contributed by atoms with E-state index in [9.17, 15) is 4.79 Å². The molecule has 0 radical (unpaired) electrons. The zero-order chi connectivity index (χ0) is 15.1. The van der Waals surface area contributed by atoms with Gasteiger partial charge in [-0.25, -0.2) is 4.98 Å². The number of methoxy groups -OCH3 is 1. The second kappa shape index (κ2) is 5.09. The molecule has 0 saturated heterocycles. The molecule has 2 N–H and O–H groups in total. The van der Waals surface area contributed by atoms with Crippen LogP contribution < -0.4 is 5.73 Å². The van der Waals surface area contributed by atoms with Crippen molar-refractivity contribution < 1.29 is 9.53 Å². The van der Waals surface area contributed by atoms with Crippen LogP contribution in [0.2, 0.25) is 0 Å². The van der Waals surface area contributed by atoms with Crippen molar-refractivity contribution >= 4 is 17.2 Å². The number of thiazole rings is 1. The first-order valence-corrected chi connectivity index (χ1v) is 7.61. The van der Waals surface area contributed by atoms with Gasteiger partial charge in [-0.1, -0.05) is 13.8 Å². The van der Waals surface area contributed by atoms with Crippen LogP contribution >= 0.6 is 11.3 Å². The van der Waals surface area contributed by atoms with E-state index in [1.165, 1.54) is 11.3 Å². The monoisotopic (exact) mass is 297 g/mol. The van der Waals surface area contributed by atoms with Crippen molar-refractivity contribution in [3.63, 3.8) is 0 Å². The number of amides is 1. The summed E-state index contributed by atoms with van der Waals surface area (Å²) in [6.07, 6.45) is 0.840. The maximum absolute atomic E-state index is 12.5. The maximum Gasteiger partial charge on any atom is 0.273 e. The van der Waals surface area contributed by atoms with Gasteiger partial charge in [0.25, 0.3) is 5.91 Å². The average Bonchev–Trinajstić information content (AvgIpc) is 2.91. The highest BCUT2D eigenvalue weighted by Gasteiger charge is 2.59. The van der Waals surface area contributed by atoms with Gasteiger partial charge < -0.3 is 15.4 Å². The third-order valence-corrected chi connectivity index (χ3v) is 5.83. The van der Waals surface area contributed by atoms with Crippen LogP contribution in [0.5, 0.6) is 0 Å². The predicted octanol–water partition coefficient (Wildman–Crippen LogP) is 1.88. The highest BCUT2D eigenvalue weighted by Crippen LogP contribution is 2.53. The summed E-state index contributed by atoms with van der Waals surface area (Å²) in [4.78, 5) is 18.5. The predicted molar refractivity (Wildman–Crippen MR) is 79.7 cm³/mol. The third-order valence-electron chi connectivity index (χ3n) is 4.96. The molecule has 1 saturated carbocycles. The summed E-state index contributed by atoms with van der Waals surface area (Å²) in [5.41, 5.74) is 5.76. The molecule has 5 nitrogen and oxygen atoms in total. The van der Waals surface area contributed by atoms with Crippen LogP contribution in [0.4, 0.5) is 0 Å². The fourth-order valence-electron chi connectivity index (χ4n) is 2.90. The number of rotatable bonds is 4. The molecule has 0 unspecified atom stereocenters. The largest absolute Gasteiger partial charge is 0.378 e. The van der Waals surface area contributed by atoms with Crippen molar-refractivity contribution in [3.8, 4) is 0 Å². The van der Waals surface area contributed by atoms with Crippen LogP contribution in [-0.4, -0.2) is 41.6 Å². The topological polar surface area (TPSA) is 68.5 Å². The molecule has 1 aromatic heterocycles. The summed E-state index contributed by atoms with van der Waals surface area (Å²) in [6.45, 7) is 6.75. The Balaban J connectivity index is 2.13. The Labute approximate surface area is 124 Å². The Morgan fingerprint density at radius 2 is 2.25 bits per heavy atom. The molecular weight excluding hydrogens is 274 g/mol. The van der Waals surface area contributed by atoms with E-state index in [-0.39, 0.29) is 23.0 Å². The molecule has 112 valence electrons. The van der Waals surface area contributed by atoms with E-state index in [1.807, 2.05) is 7.05 Å². The molecule has 1 aromatic rings. The fraction of sp³-hybridized carbons (Fsp3) is 0.714. The summed E-state index contributed by atoms with van der Waals surface area (Å²) in [5.74, 6) is -0.0443. The van der Waals surface area contributed by atoms with Gasteiger partial charge in [0.2, 0.25) is 0 Å². The van der Waals surface area contributed by atoms with Gasteiger partial charge in [0.05, 0.1) is 5.60 Å². The van der Waals surface area contributed by atoms with Crippen molar-refractivity contribution in [2.45, 2.75) is 45.4 Å². The number of nitrogens with zero attached hydrogens (tertiary/aromatic N) is 2. The van der Waals surface area contributed by atoms with Gasteiger partial charge in [-0.2, -0.15) is 0 Å². The molecule has 0 bridgehead atoms. The molecule has 2 atom stereocenters. The van der Waals surface area contributed by atoms with E-state index < -0.39 is 0 Å². The van der Waals surface area contributed by atoms with Crippen LogP contribution in [0.25, 0.3) is 0 Å². The minimum absolute atomic E-state index is 0.0443. The summed E-state index contributed by atoms with van der Waals surface area (Å²) in [7, 11) is 3.57. The SMILES string of the molecule is CO[C@@]1(C)C[C@@H](N(C)C(=O)c2csc(CN)n2)C1(C)C. The van der Waals surface area contributed by atoms with E-state index in [4.69, 9.17) is 10.5 Å². The lowest BCUT2D eigenvalue weighted by Crippen LogP contribution is -2.68. The molecule has 1 aliphatic carbocycles. The van der Waals surface area contributed by atoms with Crippen molar-refractivity contribution in [1.29, 1.82) is 0 Å². The second-order valence-electron chi connectivity index (χ2n) is 6.12. The molecule has 2 rings (SSSR count). The van der Waals surface area contributed by atoms with E-state index in [2.05, 4.69) is 25.8 Å². The minimum Gasteiger partial charge on any atom is -0.378 e. The lowest BCUT2D eigenvalue weighted by Gasteiger charge is -2.61. The number of carbonyl (C=O) groups excluding carboxylic acids is 1. The standard InChI is InChI=1S/C14H23N3O2S/c1-13(2)10(6-14(13,3)19-5)17(4)12(18)9-8-20-11(7-15)16-9/h8,10H,6-7,15H2,1-5H3/t10-,14+/m1/s1. The van der Waals surface area contributed by atoms with Gasteiger partial charge in [-0.15, -0.1) is 11.3 Å². The van der Waals surface area contributed by atoms with Crippen LogP contribution in [-0.2, 0) is 11.3 Å². The van der Waals surface area contributed by atoms with Crippen molar-refractivity contribution in [1.82, 2.24) is 9.88 Å². The first-order valence-electron chi connectivity index (χ1n) is 6.73. The number of nitrogens with two attached hydrogens (primary N) is 1. The number of hydrogen-bond donors (Lipinski definition) is 1. The van der Waals surface area contributed by atoms with E-state index >= 15 is 0 Å². The molecule has 1 fully saturated rings. The summed E-state index contributed by atoms with van der Waals surface area (Å²) in [6, 6.07) is 0.156. The van der Waals surface area contributed by atoms with E-state index in [1.54, 1.807) is 17.4 Å². The smallest absolute Gasteiger partial charge is 0.273 e. The molecule has 0 spiro atoms. The highest BCUT2D eigenvalue weighted by molar-refractivity contribution is 7.09. The summed E-state index contributed by atoms with van der Waals surface area (Å²) < 4.78 is 5.61. The summed E-state index contributed by atoms with van der Waals surface area (Å²) in [5, 5.41) is 2.57. The number of carbonyl (C=O) groups is 1. The Kier molecular flexibility index (Phi) is 3.92. The quantitative estimate of drug-likeness (QED) is 0.921. The lowest BCUT2D eigenvalue weighted by molar-refractivity contribution is -0.198. The lowest BCUT2D eigenvalue weighted by atomic mass is 9.55. The second-order valence-corrected chi connectivity index (χ2v) is 7.07. The summed E-state index contributed by atoms with van der Waals surface area (Å²) >= 11 is 1.43. The third kappa shape index (κ3) is 2.16. The van der Waals surface area contributed by atoms with Gasteiger partial charge in [0.1, 0.15) is 10.7 Å². The number of aromatic nitrogens is 1. The van der Waals surface area contributed by atoms with Gasteiger partial charge in [-0.3, -0.25) is 4.79 Å². The van der Waals surface area contributed by atoms with Crippen LogP contribution in [0.1, 0.15) is 42.7 Å². The van der Waals surface area contributed by atoms with Gasteiger partial charge in [0, 0.05) is 37.5 Å². The zero-order valence-corrected chi connectivity index (χ0v) is 13.6. The highest BCUT2D eigenvalue weighted by atomic mass is 32.1. The molecule has 0 aliphatic heterocycles. The Morgan fingerprint density at radius 1 is 1.60 bits per heavy atom. The molecule has 1 heterocycles. The zero-order valence-electron chi connectivity index (χ0n) is 12.8. The van der Waals surface area contributed by atoms with Crippen molar-refractivity contribution in [3.05, 3.63) is 16.1 Å². The number of hydrogen-bond acceptors (Lipinski definition) is 5. The fourth-order valence-corrected chi connectivity index (χ4v) is 3.55. The normalized spacial score (nSPS) is 28.0. The van der Waals surface area contributed by atoms with E-state index in [0.717, 1.165) is 11.4 Å². The molecule has 20 heavy (non-hydrogen) atoms. The molecule has 1 amide bonds. The molecule has 6 heteroatoms. The molecule has 0 aromatic carbocycles. The van der Waals surface area contributed by atoms with Crippen LogP contribution in [0.15, 0.2) is 5.38 Å². The van der Waals surface area contributed by atoms with Gasteiger partial charge in [0.15, 0.2) is 0 Å². The maximum atomic E-state index is 12.5. The first kappa shape index (κ1) is 15.4. The Hall–Kier alpha value is -0.980. The molecule has 1 aliphatic rings. The Morgan fingerprint density at radius 3 is 2.70 bits per heavy atom. The van der Waals surface area contributed by atoms with Gasteiger partial charge in [-0.05, 0) is 13.3 Å². The van der Waals surface area contributed by atoms with Crippen LogP contribution in [0.3, 0.4) is 0 Å². The average molecular weight is 297 g/mol. The van der Waals surface area contributed by atoms with E-state index in [0.29, 0.717) is 12.2 Å². The van der Waals surface area contributed by atoms with Crippen LogP contribution in [0, 0.1) is 5.41 Å². The first-order chi connectivity index (χ1) is 9.26. The molecular formula is C14H23N3O2S. The van der Waals surface area contributed by atoms with Crippen molar-refractivity contribution in [2.24, 2.45) is 11.1 Å². The van der Waals surface area contributed by atoms with Gasteiger partial charge >= 0.3 is 0 Å². The number of ether oxygens (including phenoxy) is 1. The van der Waals surface area contributed by atoms with Crippen molar-refractivity contribution in [2.75, 3.05) is 14.2 Å².